The zero-order valence-electron chi connectivity index (χ0n) is 37.6. The van der Waals surface area contributed by atoms with Gasteiger partial charge in [-0.1, -0.05) is 191 Å². The molecule has 0 aromatic carbocycles. The zero-order chi connectivity index (χ0) is 41.5. The topological polar surface area (TPSA) is 78.9 Å². The zero-order valence-corrected chi connectivity index (χ0v) is 37.6. The van der Waals surface area contributed by atoms with E-state index >= 15 is 0 Å². The molecule has 0 saturated heterocycles. The summed E-state index contributed by atoms with van der Waals surface area (Å²) in [5.74, 6) is -0.906. The van der Waals surface area contributed by atoms with E-state index in [0.717, 1.165) is 103 Å². The standard InChI is InChI=1S/C51H90O6/c1-4-7-10-13-16-19-21-23-24-25-26-27-29-30-32-35-38-41-44-50(53)56-47-48(46-55-49(52)43-40-37-34-18-15-12-9-6-3)57-51(54)45-42-39-36-33-31-28-22-20-17-14-11-8-5-2/h11,14,19-22,24-25,48H,4-10,12-13,15-18,23,26-47H2,1-3H3/b14-11-,21-19-,22-20-,25-24-. The monoisotopic (exact) mass is 799 g/mol. The summed E-state index contributed by atoms with van der Waals surface area (Å²) in [4.78, 5) is 37.7. The Bertz CT molecular complexity index is 1010. The number of allylic oxidation sites excluding steroid dienone is 8. The number of rotatable bonds is 43. The number of hydrogen-bond donors (Lipinski definition) is 0. The lowest BCUT2D eigenvalue weighted by molar-refractivity contribution is -0.167. The van der Waals surface area contributed by atoms with Crippen LogP contribution in [0.1, 0.15) is 239 Å². The highest BCUT2D eigenvalue weighted by molar-refractivity contribution is 5.71. The summed E-state index contributed by atoms with van der Waals surface area (Å²) in [7, 11) is 0. The van der Waals surface area contributed by atoms with Crippen molar-refractivity contribution in [3.63, 3.8) is 0 Å². The lowest BCUT2D eigenvalue weighted by Gasteiger charge is -2.18. The molecule has 0 heterocycles. The molecule has 0 aromatic rings. The Kier molecular flexibility index (Phi) is 43.9. The van der Waals surface area contributed by atoms with E-state index in [1.54, 1.807) is 0 Å². The molecule has 6 nitrogen and oxygen atoms in total. The van der Waals surface area contributed by atoms with Crippen LogP contribution >= 0.6 is 0 Å². The Morgan fingerprint density at radius 2 is 0.667 bits per heavy atom. The molecular weight excluding hydrogens is 709 g/mol. The van der Waals surface area contributed by atoms with Gasteiger partial charge in [-0.05, 0) is 77.0 Å². The Morgan fingerprint density at radius 3 is 1.05 bits per heavy atom. The van der Waals surface area contributed by atoms with Gasteiger partial charge in [0.2, 0.25) is 0 Å². The largest absolute Gasteiger partial charge is 0.462 e. The number of carbonyl (C=O) groups excluding carboxylic acids is 3. The van der Waals surface area contributed by atoms with Gasteiger partial charge < -0.3 is 14.2 Å². The SMILES string of the molecule is CCC/C=C\C/C=C\CCCCCCCC(=O)OC(COC(=O)CCCCCCCCCC)COC(=O)CCCCCCCCC/C=C\C/C=C\CCCCCC. The predicted octanol–water partition coefficient (Wildman–Crippen LogP) is 15.5. The molecule has 1 unspecified atom stereocenters. The first kappa shape index (κ1) is 54.4. The summed E-state index contributed by atoms with van der Waals surface area (Å²) in [6.45, 7) is 6.51. The van der Waals surface area contributed by atoms with Gasteiger partial charge in [0, 0.05) is 19.3 Å². The number of ether oxygens (including phenoxy) is 3. The molecule has 6 heteroatoms. The number of esters is 3. The normalized spacial score (nSPS) is 12.4. The number of carbonyl (C=O) groups is 3. The number of unbranched alkanes of at least 4 members (excludes halogenated alkanes) is 24. The van der Waals surface area contributed by atoms with Crippen LogP contribution in [0.2, 0.25) is 0 Å². The van der Waals surface area contributed by atoms with Crippen molar-refractivity contribution < 1.29 is 28.6 Å². The van der Waals surface area contributed by atoms with Gasteiger partial charge in [0.15, 0.2) is 6.10 Å². The lowest BCUT2D eigenvalue weighted by atomic mass is 10.1. The van der Waals surface area contributed by atoms with E-state index in [1.807, 2.05) is 0 Å². The van der Waals surface area contributed by atoms with Crippen molar-refractivity contribution in [2.45, 2.75) is 245 Å². The second-order valence-corrected chi connectivity index (χ2v) is 16.0. The Hall–Kier alpha value is -2.63. The van der Waals surface area contributed by atoms with E-state index in [4.69, 9.17) is 14.2 Å². The highest BCUT2D eigenvalue weighted by Gasteiger charge is 2.19. The number of hydrogen-bond acceptors (Lipinski definition) is 6. The first-order valence-corrected chi connectivity index (χ1v) is 24.1. The molecule has 0 aliphatic heterocycles. The maximum absolute atomic E-state index is 12.7. The summed E-state index contributed by atoms with van der Waals surface area (Å²) in [6.07, 6.45) is 53.8. The van der Waals surface area contributed by atoms with Crippen LogP contribution in [-0.2, 0) is 28.6 Å². The first-order valence-electron chi connectivity index (χ1n) is 24.1. The van der Waals surface area contributed by atoms with E-state index in [9.17, 15) is 14.4 Å². The Labute approximate surface area is 352 Å². The maximum atomic E-state index is 12.7. The molecule has 0 N–H and O–H groups in total. The minimum Gasteiger partial charge on any atom is -0.462 e. The fourth-order valence-electron chi connectivity index (χ4n) is 6.63. The molecular formula is C51H90O6. The Morgan fingerprint density at radius 1 is 0.351 bits per heavy atom. The van der Waals surface area contributed by atoms with E-state index in [2.05, 4.69) is 69.4 Å². The van der Waals surface area contributed by atoms with Crippen LogP contribution in [0.3, 0.4) is 0 Å². The molecule has 0 aliphatic rings. The van der Waals surface area contributed by atoms with Crippen molar-refractivity contribution in [3.05, 3.63) is 48.6 Å². The van der Waals surface area contributed by atoms with Crippen LogP contribution < -0.4 is 0 Å². The van der Waals surface area contributed by atoms with Crippen molar-refractivity contribution in [1.29, 1.82) is 0 Å². The van der Waals surface area contributed by atoms with Crippen molar-refractivity contribution in [3.8, 4) is 0 Å². The molecule has 330 valence electrons. The van der Waals surface area contributed by atoms with E-state index in [0.29, 0.717) is 19.3 Å². The third-order valence-electron chi connectivity index (χ3n) is 10.3. The maximum Gasteiger partial charge on any atom is 0.306 e. The van der Waals surface area contributed by atoms with Gasteiger partial charge in [-0.2, -0.15) is 0 Å². The second-order valence-electron chi connectivity index (χ2n) is 16.0. The van der Waals surface area contributed by atoms with Gasteiger partial charge in [-0.25, -0.2) is 0 Å². The van der Waals surface area contributed by atoms with Gasteiger partial charge in [0.05, 0.1) is 0 Å². The van der Waals surface area contributed by atoms with Crippen LogP contribution in [-0.4, -0.2) is 37.2 Å². The van der Waals surface area contributed by atoms with Gasteiger partial charge in [0.25, 0.3) is 0 Å². The average molecular weight is 799 g/mol. The Balaban J connectivity index is 4.32. The molecule has 0 amide bonds. The van der Waals surface area contributed by atoms with Crippen molar-refractivity contribution in [1.82, 2.24) is 0 Å². The lowest BCUT2D eigenvalue weighted by Crippen LogP contribution is -2.30. The van der Waals surface area contributed by atoms with Crippen molar-refractivity contribution >= 4 is 17.9 Å². The highest BCUT2D eigenvalue weighted by atomic mass is 16.6. The van der Waals surface area contributed by atoms with Gasteiger partial charge in [0.1, 0.15) is 13.2 Å². The summed E-state index contributed by atoms with van der Waals surface area (Å²) in [6, 6.07) is 0. The first-order chi connectivity index (χ1) is 28.0. The van der Waals surface area contributed by atoms with Crippen LogP contribution in [0, 0.1) is 0 Å². The fraction of sp³-hybridized carbons (Fsp3) is 0.784. The third-order valence-corrected chi connectivity index (χ3v) is 10.3. The second kappa shape index (κ2) is 46.1. The molecule has 57 heavy (non-hydrogen) atoms. The van der Waals surface area contributed by atoms with Gasteiger partial charge >= 0.3 is 17.9 Å². The van der Waals surface area contributed by atoms with Gasteiger partial charge in [-0.15, -0.1) is 0 Å². The van der Waals surface area contributed by atoms with Crippen LogP contribution in [0.15, 0.2) is 48.6 Å². The predicted molar refractivity (Wildman–Crippen MR) is 242 cm³/mol. The summed E-state index contributed by atoms with van der Waals surface area (Å²) >= 11 is 0. The van der Waals surface area contributed by atoms with Gasteiger partial charge in [-0.3, -0.25) is 14.4 Å². The fourth-order valence-corrected chi connectivity index (χ4v) is 6.63. The van der Waals surface area contributed by atoms with Crippen LogP contribution in [0.5, 0.6) is 0 Å². The van der Waals surface area contributed by atoms with E-state index < -0.39 is 6.10 Å². The average Bonchev–Trinajstić information content (AvgIpc) is 3.21. The minimum atomic E-state index is -0.779. The van der Waals surface area contributed by atoms with Crippen molar-refractivity contribution in [2.24, 2.45) is 0 Å². The van der Waals surface area contributed by atoms with Crippen LogP contribution in [0.25, 0.3) is 0 Å². The van der Waals surface area contributed by atoms with Crippen molar-refractivity contribution in [2.75, 3.05) is 13.2 Å². The molecule has 0 bridgehead atoms. The van der Waals surface area contributed by atoms with E-state index in [1.165, 1.54) is 96.3 Å². The summed E-state index contributed by atoms with van der Waals surface area (Å²) < 4.78 is 16.7. The molecule has 0 spiro atoms. The molecule has 0 radical (unpaired) electrons. The molecule has 1 atom stereocenters. The van der Waals surface area contributed by atoms with E-state index in [-0.39, 0.29) is 31.1 Å². The highest BCUT2D eigenvalue weighted by Crippen LogP contribution is 2.14. The quantitative estimate of drug-likeness (QED) is 0.0265. The molecule has 0 saturated carbocycles. The smallest absolute Gasteiger partial charge is 0.306 e. The molecule has 0 aromatic heterocycles. The summed E-state index contributed by atoms with van der Waals surface area (Å²) in [5.41, 5.74) is 0. The molecule has 0 rings (SSSR count). The van der Waals surface area contributed by atoms with Crippen LogP contribution in [0.4, 0.5) is 0 Å². The third kappa shape index (κ3) is 44.3. The molecule has 0 aliphatic carbocycles. The summed E-state index contributed by atoms with van der Waals surface area (Å²) in [5, 5.41) is 0. The molecule has 0 fully saturated rings. The minimum absolute atomic E-state index is 0.0805.